The van der Waals surface area contributed by atoms with Crippen molar-refractivity contribution in [1.82, 2.24) is 15.0 Å². The van der Waals surface area contributed by atoms with Gasteiger partial charge in [0.2, 0.25) is 0 Å². The lowest BCUT2D eigenvalue weighted by molar-refractivity contribution is 0.102. The number of hydrogen-bond acceptors (Lipinski definition) is 5. The van der Waals surface area contributed by atoms with Crippen LogP contribution in [0.2, 0.25) is 0 Å². The molecule has 150 valence electrons. The predicted octanol–water partition coefficient (Wildman–Crippen LogP) is 3.59. The van der Waals surface area contributed by atoms with Crippen LogP contribution in [0.4, 0.5) is 25.8 Å². The number of nitrogens with zero attached hydrogens (tertiary/aromatic N) is 3. The second-order valence-corrected chi connectivity index (χ2v) is 6.80. The van der Waals surface area contributed by atoms with Crippen LogP contribution in [0, 0.1) is 17.6 Å². The number of halogens is 2. The summed E-state index contributed by atoms with van der Waals surface area (Å²) in [6.45, 7) is 2.02. The SMILES string of the molecule is O=C(Nc1ccc(F)cc1Nc1ccccc1F)c1cn(CC2CCOC2)nn1. The summed E-state index contributed by atoms with van der Waals surface area (Å²) in [4.78, 5) is 12.6. The summed E-state index contributed by atoms with van der Waals surface area (Å²) >= 11 is 0. The Morgan fingerprint density at radius 1 is 1.17 bits per heavy atom. The lowest BCUT2D eigenvalue weighted by Gasteiger charge is -2.13. The molecule has 1 amide bonds. The predicted molar refractivity (Wildman–Crippen MR) is 103 cm³/mol. The number of para-hydroxylation sites is 1. The number of amides is 1. The number of anilines is 3. The number of hydrogen-bond donors (Lipinski definition) is 2. The minimum Gasteiger partial charge on any atom is -0.381 e. The third-order valence-electron chi connectivity index (χ3n) is 4.61. The summed E-state index contributed by atoms with van der Waals surface area (Å²) in [5.74, 6) is -1.16. The first kappa shape index (κ1) is 19.0. The van der Waals surface area contributed by atoms with Gasteiger partial charge in [-0.2, -0.15) is 0 Å². The van der Waals surface area contributed by atoms with Gasteiger partial charge in [-0.3, -0.25) is 9.48 Å². The molecule has 0 radical (unpaired) electrons. The monoisotopic (exact) mass is 399 g/mol. The van der Waals surface area contributed by atoms with Crippen molar-refractivity contribution in [2.45, 2.75) is 13.0 Å². The van der Waals surface area contributed by atoms with Crippen molar-refractivity contribution < 1.29 is 18.3 Å². The Labute approximate surface area is 165 Å². The average Bonchev–Trinajstić information content (AvgIpc) is 3.38. The molecule has 2 heterocycles. The molecule has 1 atom stereocenters. The molecule has 1 fully saturated rings. The molecule has 0 saturated carbocycles. The van der Waals surface area contributed by atoms with Gasteiger partial charge in [-0.05, 0) is 36.8 Å². The van der Waals surface area contributed by atoms with E-state index in [4.69, 9.17) is 4.74 Å². The lowest BCUT2D eigenvalue weighted by atomic mass is 10.1. The Morgan fingerprint density at radius 3 is 2.83 bits per heavy atom. The van der Waals surface area contributed by atoms with Crippen LogP contribution in [-0.2, 0) is 11.3 Å². The molecule has 1 aliphatic heterocycles. The first-order chi connectivity index (χ1) is 14.1. The van der Waals surface area contributed by atoms with Gasteiger partial charge in [0, 0.05) is 19.1 Å². The van der Waals surface area contributed by atoms with Crippen molar-refractivity contribution in [3.63, 3.8) is 0 Å². The Bertz CT molecular complexity index is 1020. The minimum atomic E-state index is -0.522. The number of aromatic nitrogens is 3. The van der Waals surface area contributed by atoms with Gasteiger partial charge in [-0.25, -0.2) is 8.78 Å². The quantitative estimate of drug-likeness (QED) is 0.662. The summed E-state index contributed by atoms with van der Waals surface area (Å²) in [6.07, 6.45) is 2.50. The zero-order chi connectivity index (χ0) is 20.2. The van der Waals surface area contributed by atoms with Crippen LogP contribution in [0.1, 0.15) is 16.9 Å². The number of benzene rings is 2. The van der Waals surface area contributed by atoms with E-state index >= 15 is 0 Å². The van der Waals surface area contributed by atoms with Crippen molar-refractivity contribution in [1.29, 1.82) is 0 Å². The second-order valence-electron chi connectivity index (χ2n) is 6.80. The van der Waals surface area contributed by atoms with Crippen LogP contribution in [0.3, 0.4) is 0 Å². The molecule has 2 N–H and O–H groups in total. The number of carbonyl (C=O) groups is 1. The van der Waals surface area contributed by atoms with E-state index in [1.165, 1.54) is 30.3 Å². The van der Waals surface area contributed by atoms with Crippen LogP contribution < -0.4 is 10.6 Å². The third kappa shape index (κ3) is 4.57. The molecule has 7 nitrogen and oxygen atoms in total. The van der Waals surface area contributed by atoms with Gasteiger partial charge in [0.1, 0.15) is 11.6 Å². The molecule has 1 unspecified atom stereocenters. The highest BCUT2D eigenvalue weighted by Crippen LogP contribution is 2.28. The Balaban J connectivity index is 1.49. The molecule has 9 heteroatoms. The van der Waals surface area contributed by atoms with Gasteiger partial charge in [0.05, 0.1) is 29.9 Å². The molecule has 29 heavy (non-hydrogen) atoms. The van der Waals surface area contributed by atoms with Crippen LogP contribution in [0.5, 0.6) is 0 Å². The van der Waals surface area contributed by atoms with Gasteiger partial charge in [0.15, 0.2) is 5.69 Å². The smallest absolute Gasteiger partial charge is 0.277 e. The Hall–Kier alpha value is -3.33. The van der Waals surface area contributed by atoms with E-state index < -0.39 is 17.5 Å². The van der Waals surface area contributed by atoms with Crippen molar-refractivity contribution in [2.24, 2.45) is 5.92 Å². The minimum absolute atomic E-state index is 0.130. The maximum Gasteiger partial charge on any atom is 0.277 e. The molecule has 4 rings (SSSR count). The van der Waals surface area contributed by atoms with Crippen LogP contribution in [-0.4, -0.2) is 34.1 Å². The second kappa shape index (κ2) is 8.36. The van der Waals surface area contributed by atoms with Gasteiger partial charge < -0.3 is 15.4 Å². The Kier molecular flexibility index (Phi) is 5.48. The maximum atomic E-state index is 13.9. The average molecular weight is 399 g/mol. The highest BCUT2D eigenvalue weighted by molar-refractivity contribution is 6.04. The van der Waals surface area contributed by atoms with E-state index in [2.05, 4.69) is 20.9 Å². The lowest BCUT2D eigenvalue weighted by Crippen LogP contribution is -2.14. The van der Waals surface area contributed by atoms with Gasteiger partial charge >= 0.3 is 0 Å². The van der Waals surface area contributed by atoms with Crippen molar-refractivity contribution in [3.8, 4) is 0 Å². The number of ether oxygens (including phenoxy) is 1. The number of nitrogens with one attached hydrogen (secondary N) is 2. The fourth-order valence-corrected chi connectivity index (χ4v) is 3.11. The van der Waals surface area contributed by atoms with Crippen molar-refractivity contribution in [3.05, 3.63) is 66.0 Å². The molecule has 0 spiro atoms. The first-order valence-corrected chi connectivity index (χ1v) is 9.19. The van der Waals surface area contributed by atoms with Crippen molar-refractivity contribution >= 4 is 23.0 Å². The molecular weight excluding hydrogens is 380 g/mol. The summed E-state index contributed by atoms with van der Waals surface area (Å²) in [7, 11) is 0. The van der Waals surface area contributed by atoms with E-state index in [9.17, 15) is 13.6 Å². The van der Waals surface area contributed by atoms with E-state index in [0.29, 0.717) is 24.8 Å². The molecule has 0 aliphatic carbocycles. The molecule has 0 bridgehead atoms. The maximum absolute atomic E-state index is 13.9. The zero-order valence-electron chi connectivity index (χ0n) is 15.4. The summed E-state index contributed by atoms with van der Waals surface area (Å²) in [6, 6.07) is 9.79. The molecule has 1 saturated heterocycles. The van der Waals surface area contributed by atoms with E-state index in [0.717, 1.165) is 13.0 Å². The van der Waals surface area contributed by atoms with Gasteiger partial charge in [-0.15, -0.1) is 5.10 Å². The molecule has 3 aromatic rings. The highest BCUT2D eigenvalue weighted by Gasteiger charge is 2.19. The van der Waals surface area contributed by atoms with Gasteiger partial charge in [0.25, 0.3) is 5.91 Å². The van der Waals surface area contributed by atoms with Gasteiger partial charge in [-0.1, -0.05) is 17.3 Å². The van der Waals surface area contributed by atoms with E-state index in [1.54, 1.807) is 23.0 Å². The fourth-order valence-electron chi connectivity index (χ4n) is 3.11. The zero-order valence-corrected chi connectivity index (χ0v) is 15.4. The first-order valence-electron chi connectivity index (χ1n) is 9.19. The molecule has 1 aliphatic rings. The summed E-state index contributed by atoms with van der Waals surface area (Å²) < 4.78 is 34.6. The molecule has 1 aromatic heterocycles. The molecular formula is C20H19F2N5O2. The summed E-state index contributed by atoms with van der Waals surface area (Å²) in [5, 5.41) is 13.4. The molecule has 2 aromatic carbocycles. The topological polar surface area (TPSA) is 81.1 Å². The third-order valence-corrected chi connectivity index (χ3v) is 4.61. The van der Waals surface area contributed by atoms with Crippen LogP contribution >= 0.6 is 0 Å². The normalized spacial score (nSPS) is 16.0. The largest absolute Gasteiger partial charge is 0.381 e. The van der Waals surface area contributed by atoms with E-state index in [1.807, 2.05) is 0 Å². The number of carbonyl (C=O) groups excluding carboxylic acids is 1. The van der Waals surface area contributed by atoms with Crippen molar-refractivity contribution in [2.75, 3.05) is 23.8 Å². The Morgan fingerprint density at radius 2 is 2.03 bits per heavy atom. The van der Waals surface area contributed by atoms with Crippen LogP contribution in [0.25, 0.3) is 0 Å². The van der Waals surface area contributed by atoms with Crippen LogP contribution in [0.15, 0.2) is 48.7 Å². The highest BCUT2D eigenvalue weighted by atomic mass is 19.1. The van der Waals surface area contributed by atoms with E-state index in [-0.39, 0.29) is 17.1 Å². The fraction of sp³-hybridized carbons (Fsp3) is 0.250. The number of rotatable bonds is 6. The summed E-state index contributed by atoms with van der Waals surface area (Å²) in [5.41, 5.74) is 0.806. The standard InChI is InChI=1S/C20H19F2N5O2/c21-14-5-6-17(18(9-14)23-16-4-2-1-3-15(16)22)24-20(28)19-11-27(26-25-19)10-13-7-8-29-12-13/h1-6,9,11,13,23H,7-8,10,12H2,(H,24,28).